The molecule has 1 heterocycles. The fourth-order valence-corrected chi connectivity index (χ4v) is 1.89. The van der Waals surface area contributed by atoms with Crippen molar-refractivity contribution < 1.29 is 0 Å². The summed E-state index contributed by atoms with van der Waals surface area (Å²) in [6.07, 6.45) is 1.97. The van der Waals surface area contributed by atoms with Crippen LogP contribution in [-0.4, -0.2) is 24.0 Å². The highest BCUT2D eigenvalue weighted by molar-refractivity contribution is 4.82. The number of hydrogen-bond donors (Lipinski definition) is 0. The highest BCUT2D eigenvalue weighted by atomic mass is 15.2. The summed E-state index contributed by atoms with van der Waals surface area (Å²) in [4.78, 5) is 2.41. The quantitative estimate of drug-likeness (QED) is 0.601. The van der Waals surface area contributed by atoms with E-state index in [-0.39, 0.29) is 0 Å². The van der Waals surface area contributed by atoms with Crippen LogP contribution in [0.3, 0.4) is 0 Å². The second kappa shape index (κ2) is 3.73. The van der Waals surface area contributed by atoms with Gasteiger partial charge >= 0.3 is 0 Å². The maximum Gasteiger partial charge on any atom is 0.0635 e. The van der Waals surface area contributed by atoms with E-state index in [1.54, 1.807) is 0 Å². The Morgan fingerprint density at radius 3 is 2.73 bits per heavy atom. The second-order valence-electron chi connectivity index (χ2n) is 3.59. The van der Waals surface area contributed by atoms with Gasteiger partial charge in [0.1, 0.15) is 0 Å². The first-order valence-electron chi connectivity index (χ1n) is 4.35. The van der Waals surface area contributed by atoms with Crippen molar-refractivity contribution >= 4 is 0 Å². The fraction of sp³-hybridized carbons (Fsp3) is 0.889. The highest BCUT2D eigenvalue weighted by Crippen LogP contribution is 2.21. The maximum absolute atomic E-state index is 8.40. The Kier molecular flexibility index (Phi) is 2.90. The van der Waals surface area contributed by atoms with Crippen molar-refractivity contribution in [3.05, 3.63) is 0 Å². The molecule has 0 aromatic carbocycles. The molecule has 11 heavy (non-hydrogen) atoms. The molecule has 0 bridgehead atoms. The zero-order valence-electron chi connectivity index (χ0n) is 7.38. The molecular formula is C9H16N2. The maximum atomic E-state index is 8.40. The minimum atomic E-state index is 0.678. The molecule has 2 nitrogen and oxygen atoms in total. The van der Waals surface area contributed by atoms with Gasteiger partial charge in [0, 0.05) is 25.6 Å². The zero-order chi connectivity index (χ0) is 8.27. The summed E-state index contributed by atoms with van der Waals surface area (Å²) in [6.45, 7) is 6.68. The first-order valence-corrected chi connectivity index (χ1v) is 4.35. The predicted molar refractivity (Wildman–Crippen MR) is 45.0 cm³/mol. The molecule has 1 rings (SSSR count). The number of nitriles is 1. The van der Waals surface area contributed by atoms with Gasteiger partial charge in [0.2, 0.25) is 0 Å². The topological polar surface area (TPSA) is 27.0 Å². The normalized spacial score (nSPS) is 32.1. The largest absolute Gasteiger partial charge is 0.299 e. The molecule has 62 valence electrons. The molecule has 0 aliphatic carbocycles. The van der Waals surface area contributed by atoms with E-state index < -0.39 is 0 Å². The van der Waals surface area contributed by atoms with E-state index in [9.17, 15) is 0 Å². The van der Waals surface area contributed by atoms with Crippen molar-refractivity contribution in [2.75, 3.05) is 13.1 Å². The van der Waals surface area contributed by atoms with Gasteiger partial charge in [0.15, 0.2) is 0 Å². The first-order chi connectivity index (χ1) is 5.24. The molecule has 2 unspecified atom stereocenters. The van der Waals surface area contributed by atoms with E-state index in [1.807, 2.05) is 0 Å². The van der Waals surface area contributed by atoms with E-state index in [2.05, 4.69) is 24.8 Å². The van der Waals surface area contributed by atoms with Crippen LogP contribution in [-0.2, 0) is 0 Å². The zero-order valence-corrected chi connectivity index (χ0v) is 7.38. The molecule has 1 fully saturated rings. The molecule has 0 radical (unpaired) electrons. The summed E-state index contributed by atoms with van der Waals surface area (Å²) < 4.78 is 0. The number of hydrogen-bond acceptors (Lipinski definition) is 2. The molecule has 1 aliphatic heterocycles. The van der Waals surface area contributed by atoms with E-state index in [4.69, 9.17) is 5.26 Å². The highest BCUT2D eigenvalue weighted by Gasteiger charge is 2.24. The minimum Gasteiger partial charge on any atom is -0.299 e. The lowest BCUT2D eigenvalue weighted by atomic mass is 10.1. The molecule has 0 aromatic rings. The lowest BCUT2D eigenvalue weighted by Gasteiger charge is -2.18. The standard InChI is InChI=1S/C9H16N2/c1-8-6-9(2)11(7-8)5-3-4-10/h8-9H,3,5-7H2,1-2H3. The first kappa shape index (κ1) is 8.55. The number of likely N-dealkylation sites (tertiary alicyclic amines) is 1. The van der Waals surface area contributed by atoms with E-state index in [1.165, 1.54) is 13.0 Å². The van der Waals surface area contributed by atoms with Gasteiger partial charge in [-0.3, -0.25) is 4.90 Å². The second-order valence-corrected chi connectivity index (χ2v) is 3.59. The summed E-state index contributed by atoms with van der Waals surface area (Å²) in [6, 6.07) is 2.88. The van der Waals surface area contributed by atoms with Crippen LogP contribution in [0.4, 0.5) is 0 Å². The molecule has 0 spiro atoms. The third-order valence-corrected chi connectivity index (χ3v) is 2.42. The Labute approximate surface area is 68.8 Å². The van der Waals surface area contributed by atoms with Crippen molar-refractivity contribution in [1.29, 1.82) is 5.26 Å². The smallest absolute Gasteiger partial charge is 0.0635 e. The predicted octanol–water partition coefficient (Wildman–Crippen LogP) is 1.63. The summed E-state index contributed by atoms with van der Waals surface area (Å²) in [5.74, 6) is 0.823. The number of nitrogens with zero attached hydrogens (tertiary/aromatic N) is 2. The van der Waals surface area contributed by atoms with Crippen molar-refractivity contribution in [3.63, 3.8) is 0 Å². The van der Waals surface area contributed by atoms with Gasteiger partial charge in [-0.05, 0) is 19.3 Å². The molecule has 0 aromatic heterocycles. The molecular weight excluding hydrogens is 136 g/mol. The Balaban J connectivity index is 2.30. The summed E-state index contributed by atoms with van der Waals surface area (Å²) in [5, 5.41) is 8.40. The summed E-state index contributed by atoms with van der Waals surface area (Å²) in [7, 11) is 0. The van der Waals surface area contributed by atoms with Gasteiger partial charge < -0.3 is 0 Å². The van der Waals surface area contributed by atoms with Crippen molar-refractivity contribution in [2.24, 2.45) is 5.92 Å². The van der Waals surface area contributed by atoms with Gasteiger partial charge in [0.05, 0.1) is 6.07 Å². The molecule has 1 saturated heterocycles. The van der Waals surface area contributed by atoms with Gasteiger partial charge in [0.25, 0.3) is 0 Å². The molecule has 1 aliphatic rings. The molecule has 0 amide bonds. The lowest BCUT2D eigenvalue weighted by Crippen LogP contribution is -2.27. The van der Waals surface area contributed by atoms with Crippen molar-refractivity contribution in [3.8, 4) is 6.07 Å². The van der Waals surface area contributed by atoms with Crippen LogP contribution >= 0.6 is 0 Å². The van der Waals surface area contributed by atoms with E-state index >= 15 is 0 Å². The fourth-order valence-electron chi connectivity index (χ4n) is 1.89. The van der Waals surface area contributed by atoms with Crippen molar-refractivity contribution in [2.45, 2.75) is 32.7 Å². The van der Waals surface area contributed by atoms with E-state index in [0.717, 1.165) is 12.5 Å². The van der Waals surface area contributed by atoms with Crippen molar-refractivity contribution in [1.82, 2.24) is 4.90 Å². The van der Waals surface area contributed by atoms with Crippen LogP contribution in [0.1, 0.15) is 26.7 Å². The molecule has 0 saturated carbocycles. The SMILES string of the molecule is CC1CC(C)N(CCC#N)C1. The number of rotatable bonds is 2. The van der Waals surface area contributed by atoms with Crippen LogP contribution < -0.4 is 0 Å². The summed E-state index contributed by atoms with van der Waals surface area (Å²) >= 11 is 0. The van der Waals surface area contributed by atoms with Crippen LogP contribution in [0.15, 0.2) is 0 Å². The molecule has 0 N–H and O–H groups in total. The average Bonchev–Trinajstić information content (AvgIpc) is 2.26. The minimum absolute atomic E-state index is 0.678. The average molecular weight is 152 g/mol. The van der Waals surface area contributed by atoms with E-state index in [0.29, 0.717) is 12.5 Å². The molecule has 2 heteroatoms. The van der Waals surface area contributed by atoms with Gasteiger partial charge in [-0.25, -0.2) is 0 Å². The third-order valence-electron chi connectivity index (χ3n) is 2.42. The Hall–Kier alpha value is -0.550. The van der Waals surface area contributed by atoms with Crippen LogP contribution in [0.2, 0.25) is 0 Å². The Morgan fingerprint density at radius 2 is 2.27 bits per heavy atom. The monoisotopic (exact) mass is 152 g/mol. The summed E-state index contributed by atoms with van der Waals surface area (Å²) in [5.41, 5.74) is 0. The molecule has 2 atom stereocenters. The van der Waals surface area contributed by atoms with Crippen LogP contribution in [0.5, 0.6) is 0 Å². The Bertz CT molecular complexity index is 159. The Morgan fingerprint density at radius 1 is 1.55 bits per heavy atom. The van der Waals surface area contributed by atoms with Gasteiger partial charge in [-0.15, -0.1) is 0 Å². The lowest BCUT2D eigenvalue weighted by molar-refractivity contribution is 0.271. The van der Waals surface area contributed by atoms with Crippen LogP contribution in [0, 0.1) is 17.2 Å². The van der Waals surface area contributed by atoms with Gasteiger partial charge in [-0.2, -0.15) is 5.26 Å². The third kappa shape index (κ3) is 2.20. The van der Waals surface area contributed by atoms with Crippen LogP contribution in [0.25, 0.3) is 0 Å². The van der Waals surface area contributed by atoms with Gasteiger partial charge in [-0.1, -0.05) is 6.92 Å².